The van der Waals surface area contributed by atoms with Gasteiger partial charge in [-0.25, -0.2) is 18.2 Å². The molecule has 150 valence electrons. The molecule has 0 atom stereocenters. The predicted molar refractivity (Wildman–Crippen MR) is 109 cm³/mol. The van der Waals surface area contributed by atoms with Crippen LogP contribution >= 0.6 is 0 Å². The van der Waals surface area contributed by atoms with Crippen LogP contribution in [0.25, 0.3) is 11.3 Å². The molecule has 4 rings (SSSR count). The highest BCUT2D eigenvalue weighted by molar-refractivity contribution is 7.89. The molecular weight excluding hydrogens is 374 g/mol. The summed E-state index contributed by atoms with van der Waals surface area (Å²) in [6.45, 7) is 1.81. The molecule has 0 radical (unpaired) electrons. The van der Waals surface area contributed by atoms with E-state index in [-0.39, 0.29) is 11.6 Å². The van der Waals surface area contributed by atoms with Crippen LogP contribution in [0.1, 0.15) is 61.6 Å². The summed E-state index contributed by atoms with van der Waals surface area (Å²) in [6, 6.07) is 5.44. The van der Waals surface area contributed by atoms with Crippen molar-refractivity contribution in [3.05, 3.63) is 45.2 Å². The van der Waals surface area contributed by atoms with Crippen LogP contribution in [-0.4, -0.2) is 24.7 Å². The van der Waals surface area contributed by atoms with Gasteiger partial charge in [-0.3, -0.25) is 4.79 Å². The summed E-state index contributed by atoms with van der Waals surface area (Å²) in [7, 11) is -3.60. The zero-order valence-corrected chi connectivity index (χ0v) is 17.1. The third kappa shape index (κ3) is 3.78. The largest absolute Gasteiger partial charge is 0.268 e. The van der Waals surface area contributed by atoms with Gasteiger partial charge in [0.2, 0.25) is 10.0 Å². The summed E-state index contributed by atoms with van der Waals surface area (Å²) in [5.41, 5.74) is 3.78. The predicted octanol–water partition coefficient (Wildman–Crippen LogP) is 3.24. The minimum absolute atomic E-state index is 0.0146. The topological polar surface area (TPSA) is 91.9 Å². The third-order valence-electron chi connectivity index (χ3n) is 5.98. The number of benzene rings is 1. The number of aromatic nitrogens is 2. The molecule has 1 aromatic heterocycles. The lowest BCUT2D eigenvalue weighted by atomic mass is 9.90. The Morgan fingerprint density at radius 3 is 2.50 bits per heavy atom. The van der Waals surface area contributed by atoms with E-state index in [1.807, 2.05) is 19.1 Å². The monoisotopic (exact) mass is 401 g/mol. The maximum Gasteiger partial charge on any atom is 0.267 e. The fourth-order valence-electron chi connectivity index (χ4n) is 4.44. The zero-order valence-electron chi connectivity index (χ0n) is 16.3. The SMILES string of the molecule is Cc1ccc(-c2n[nH]c(=O)c3c2CCCC3)cc1S(=O)(=O)NC1CCCCC1. The van der Waals surface area contributed by atoms with Crippen LogP contribution in [0.2, 0.25) is 0 Å². The molecule has 0 unspecified atom stereocenters. The number of hydrogen-bond donors (Lipinski definition) is 2. The number of aryl methyl sites for hydroxylation is 1. The van der Waals surface area contributed by atoms with Crippen LogP contribution < -0.4 is 10.3 Å². The maximum absolute atomic E-state index is 13.1. The minimum atomic E-state index is -3.60. The van der Waals surface area contributed by atoms with Crippen molar-refractivity contribution >= 4 is 10.0 Å². The molecular formula is C21H27N3O3S. The van der Waals surface area contributed by atoms with E-state index in [9.17, 15) is 13.2 Å². The number of nitrogens with zero attached hydrogens (tertiary/aromatic N) is 1. The van der Waals surface area contributed by atoms with Gasteiger partial charge in [0.25, 0.3) is 5.56 Å². The highest BCUT2D eigenvalue weighted by Crippen LogP contribution is 2.30. The van der Waals surface area contributed by atoms with Gasteiger partial charge in [-0.1, -0.05) is 31.4 Å². The lowest BCUT2D eigenvalue weighted by Crippen LogP contribution is -2.36. The number of fused-ring (bicyclic) bond motifs is 1. The lowest BCUT2D eigenvalue weighted by Gasteiger charge is -2.23. The van der Waals surface area contributed by atoms with E-state index in [0.29, 0.717) is 16.2 Å². The summed E-state index contributed by atoms with van der Waals surface area (Å²) < 4.78 is 29.0. The Morgan fingerprint density at radius 2 is 1.75 bits per heavy atom. The van der Waals surface area contributed by atoms with Crippen LogP contribution in [0, 0.1) is 6.92 Å². The van der Waals surface area contributed by atoms with Crippen LogP contribution in [-0.2, 0) is 22.9 Å². The van der Waals surface area contributed by atoms with Gasteiger partial charge < -0.3 is 0 Å². The molecule has 0 aliphatic heterocycles. The fraction of sp³-hybridized carbons (Fsp3) is 0.524. The van der Waals surface area contributed by atoms with Gasteiger partial charge >= 0.3 is 0 Å². The van der Waals surface area contributed by atoms with Crippen molar-refractivity contribution in [2.75, 3.05) is 0 Å². The van der Waals surface area contributed by atoms with Crippen molar-refractivity contribution in [1.29, 1.82) is 0 Å². The molecule has 1 aromatic carbocycles. The second-order valence-electron chi connectivity index (χ2n) is 8.00. The van der Waals surface area contributed by atoms with Gasteiger partial charge in [-0.05, 0) is 62.6 Å². The summed E-state index contributed by atoms with van der Waals surface area (Å²) in [5, 5.41) is 6.87. The molecule has 7 heteroatoms. The van der Waals surface area contributed by atoms with Gasteiger partial charge in [-0.2, -0.15) is 5.10 Å². The molecule has 1 saturated carbocycles. The molecule has 0 amide bonds. The van der Waals surface area contributed by atoms with E-state index < -0.39 is 10.0 Å². The van der Waals surface area contributed by atoms with Crippen LogP contribution in [0.3, 0.4) is 0 Å². The quantitative estimate of drug-likeness (QED) is 0.823. The molecule has 2 N–H and O–H groups in total. The van der Waals surface area contributed by atoms with Crippen molar-refractivity contribution < 1.29 is 8.42 Å². The van der Waals surface area contributed by atoms with Gasteiger partial charge in [0.1, 0.15) is 0 Å². The van der Waals surface area contributed by atoms with Crippen molar-refractivity contribution in [2.24, 2.45) is 0 Å². The molecule has 0 saturated heterocycles. The Morgan fingerprint density at radius 1 is 1.04 bits per heavy atom. The average Bonchev–Trinajstić information content (AvgIpc) is 2.69. The normalized spacial score (nSPS) is 18.0. The smallest absolute Gasteiger partial charge is 0.267 e. The summed E-state index contributed by atoms with van der Waals surface area (Å²) in [4.78, 5) is 12.4. The Bertz CT molecular complexity index is 1040. The van der Waals surface area contributed by atoms with E-state index in [1.165, 1.54) is 6.42 Å². The number of H-pyrrole nitrogens is 1. The molecule has 6 nitrogen and oxygen atoms in total. The first-order valence-electron chi connectivity index (χ1n) is 10.2. The fourth-order valence-corrected chi connectivity index (χ4v) is 6.01. The highest BCUT2D eigenvalue weighted by Gasteiger charge is 2.25. The van der Waals surface area contributed by atoms with E-state index in [4.69, 9.17) is 0 Å². The van der Waals surface area contributed by atoms with Gasteiger partial charge in [-0.15, -0.1) is 0 Å². The van der Waals surface area contributed by atoms with Gasteiger partial charge in [0.05, 0.1) is 10.6 Å². The second-order valence-corrected chi connectivity index (χ2v) is 9.68. The van der Waals surface area contributed by atoms with Crippen molar-refractivity contribution in [3.63, 3.8) is 0 Å². The first-order chi connectivity index (χ1) is 13.5. The highest BCUT2D eigenvalue weighted by atomic mass is 32.2. The summed E-state index contributed by atoms with van der Waals surface area (Å²) in [6.07, 6.45) is 8.68. The van der Waals surface area contributed by atoms with E-state index in [2.05, 4.69) is 14.9 Å². The first kappa shape index (κ1) is 19.3. The summed E-state index contributed by atoms with van der Waals surface area (Å²) >= 11 is 0. The first-order valence-corrected chi connectivity index (χ1v) is 11.7. The molecule has 28 heavy (non-hydrogen) atoms. The van der Waals surface area contributed by atoms with E-state index >= 15 is 0 Å². The Kier molecular flexibility index (Phi) is 5.38. The van der Waals surface area contributed by atoms with E-state index in [0.717, 1.165) is 68.1 Å². The Hall–Kier alpha value is -1.99. The zero-order chi connectivity index (χ0) is 19.7. The minimum Gasteiger partial charge on any atom is -0.268 e. The Balaban J connectivity index is 1.73. The molecule has 2 aliphatic rings. The maximum atomic E-state index is 13.1. The lowest BCUT2D eigenvalue weighted by molar-refractivity contribution is 0.412. The standard InChI is InChI=1S/C21H27N3O3S/c1-14-11-12-15(20-17-9-5-6-10-18(17)21(25)23-22-20)13-19(14)28(26,27)24-16-7-3-2-4-8-16/h11-13,16,24H,2-10H2,1H3,(H,23,25). The molecule has 1 heterocycles. The molecule has 0 spiro atoms. The van der Waals surface area contributed by atoms with Crippen molar-refractivity contribution in [2.45, 2.75) is 75.6 Å². The number of hydrogen-bond acceptors (Lipinski definition) is 4. The Labute approximate surface area is 165 Å². The molecule has 2 aliphatic carbocycles. The van der Waals surface area contributed by atoms with Gasteiger partial charge in [0, 0.05) is 17.2 Å². The number of nitrogens with one attached hydrogen (secondary N) is 2. The average molecular weight is 402 g/mol. The third-order valence-corrected chi connectivity index (χ3v) is 7.64. The molecule has 1 fully saturated rings. The van der Waals surface area contributed by atoms with Crippen LogP contribution in [0.4, 0.5) is 0 Å². The number of rotatable bonds is 4. The number of aromatic amines is 1. The van der Waals surface area contributed by atoms with Gasteiger partial charge in [0.15, 0.2) is 0 Å². The van der Waals surface area contributed by atoms with Crippen molar-refractivity contribution in [1.82, 2.24) is 14.9 Å². The van der Waals surface area contributed by atoms with Crippen LogP contribution in [0.5, 0.6) is 0 Å². The summed E-state index contributed by atoms with van der Waals surface area (Å²) in [5.74, 6) is 0. The molecule has 2 aromatic rings. The molecule has 0 bridgehead atoms. The van der Waals surface area contributed by atoms with Crippen molar-refractivity contribution in [3.8, 4) is 11.3 Å². The van der Waals surface area contributed by atoms with Crippen LogP contribution in [0.15, 0.2) is 27.9 Å². The van der Waals surface area contributed by atoms with E-state index in [1.54, 1.807) is 6.07 Å². The number of sulfonamides is 1. The second kappa shape index (κ2) is 7.79.